The van der Waals surface area contributed by atoms with Crippen LogP contribution in [0.15, 0.2) is 53.7 Å². The summed E-state index contributed by atoms with van der Waals surface area (Å²) in [5, 5.41) is 0. The molecule has 128 valence electrons. The molecule has 7 heteroatoms. The SMILES string of the molecule is COc1ccc(S(=O)(=O)N2CC[NH+](Cc3ccncc3)CC2)cc1. The highest BCUT2D eigenvalue weighted by atomic mass is 32.2. The molecule has 1 N–H and O–H groups in total. The summed E-state index contributed by atoms with van der Waals surface area (Å²) < 4.78 is 32.1. The van der Waals surface area contributed by atoms with Gasteiger partial charge in [0.1, 0.15) is 12.3 Å². The minimum atomic E-state index is -3.43. The van der Waals surface area contributed by atoms with E-state index in [4.69, 9.17) is 4.74 Å². The van der Waals surface area contributed by atoms with Crippen LogP contribution >= 0.6 is 0 Å². The van der Waals surface area contributed by atoms with Gasteiger partial charge in [-0.15, -0.1) is 0 Å². The lowest BCUT2D eigenvalue weighted by atomic mass is 10.2. The molecule has 3 rings (SSSR count). The van der Waals surface area contributed by atoms with Gasteiger partial charge in [-0.05, 0) is 36.4 Å². The van der Waals surface area contributed by atoms with E-state index in [-0.39, 0.29) is 0 Å². The summed E-state index contributed by atoms with van der Waals surface area (Å²) in [5.41, 5.74) is 1.23. The predicted octanol–water partition coefficient (Wildman–Crippen LogP) is 0.180. The number of sulfonamides is 1. The van der Waals surface area contributed by atoms with Crippen molar-refractivity contribution in [3.05, 3.63) is 54.4 Å². The Morgan fingerprint density at radius 2 is 1.71 bits per heavy atom. The van der Waals surface area contributed by atoms with Gasteiger partial charge in [0.15, 0.2) is 0 Å². The predicted molar refractivity (Wildman–Crippen MR) is 90.4 cm³/mol. The average molecular weight is 348 g/mol. The molecular weight excluding hydrogens is 326 g/mol. The molecule has 0 aliphatic carbocycles. The van der Waals surface area contributed by atoms with Crippen LogP contribution in [0.3, 0.4) is 0 Å². The van der Waals surface area contributed by atoms with Crippen LogP contribution in [0, 0.1) is 0 Å². The van der Waals surface area contributed by atoms with Gasteiger partial charge in [-0.25, -0.2) is 8.42 Å². The van der Waals surface area contributed by atoms with Crippen molar-refractivity contribution >= 4 is 10.0 Å². The second-order valence-electron chi connectivity index (χ2n) is 5.86. The molecule has 1 fully saturated rings. The monoisotopic (exact) mass is 348 g/mol. The fraction of sp³-hybridized carbons (Fsp3) is 0.353. The molecule has 0 saturated carbocycles. The Balaban J connectivity index is 1.62. The molecule has 0 amide bonds. The lowest BCUT2D eigenvalue weighted by Crippen LogP contribution is -3.13. The van der Waals surface area contributed by atoms with Crippen molar-refractivity contribution in [2.24, 2.45) is 0 Å². The summed E-state index contributed by atoms with van der Waals surface area (Å²) in [5.74, 6) is 0.653. The van der Waals surface area contributed by atoms with Crippen molar-refractivity contribution < 1.29 is 18.1 Å². The van der Waals surface area contributed by atoms with E-state index in [9.17, 15) is 8.42 Å². The summed E-state index contributed by atoms with van der Waals surface area (Å²) >= 11 is 0. The summed E-state index contributed by atoms with van der Waals surface area (Å²) in [7, 11) is -1.87. The number of piperazine rings is 1. The van der Waals surface area contributed by atoms with Crippen LogP contribution in [0.4, 0.5) is 0 Å². The third-order valence-corrected chi connectivity index (χ3v) is 6.24. The Morgan fingerprint density at radius 3 is 2.29 bits per heavy atom. The number of nitrogens with one attached hydrogen (secondary N) is 1. The first-order chi connectivity index (χ1) is 11.6. The Bertz CT molecular complexity index is 755. The van der Waals surface area contributed by atoms with Gasteiger partial charge in [0.2, 0.25) is 10.0 Å². The molecule has 1 aromatic carbocycles. The summed E-state index contributed by atoms with van der Waals surface area (Å²) in [6.45, 7) is 3.58. The normalized spacial score (nSPS) is 16.9. The maximum absolute atomic E-state index is 12.7. The maximum atomic E-state index is 12.7. The zero-order chi connectivity index (χ0) is 17.0. The molecule has 0 radical (unpaired) electrons. The fourth-order valence-corrected chi connectivity index (χ4v) is 4.35. The van der Waals surface area contributed by atoms with Crippen LogP contribution in [-0.4, -0.2) is 51.0 Å². The zero-order valence-electron chi connectivity index (χ0n) is 13.7. The molecular formula is C17H22N3O3S+. The molecule has 0 bridgehead atoms. The molecule has 1 aliphatic rings. The Kier molecular flexibility index (Phi) is 5.13. The van der Waals surface area contributed by atoms with E-state index in [1.807, 2.05) is 12.1 Å². The number of hydrogen-bond donors (Lipinski definition) is 1. The Morgan fingerprint density at radius 1 is 1.08 bits per heavy atom. The molecule has 1 saturated heterocycles. The molecule has 24 heavy (non-hydrogen) atoms. The highest BCUT2D eigenvalue weighted by molar-refractivity contribution is 7.89. The summed E-state index contributed by atoms with van der Waals surface area (Å²) in [6, 6.07) is 10.6. The second kappa shape index (κ2) is 7.29. The highest BCUT2D eigenvalue weighted by Crippen LogP contribution is 2.19. The van der Waals surface area contributed by atoms with Crippen LogP contribution in [0.1, 0.15) is 5.56 Å². The number of aromatic nitrogens is 1. The lowest BCUT2D eigenvalue weighted by Gasteiger charge is -2.31. The van der Waals surface area contributed by atoms with Gasteiger partial charge < -0.3 is 9.64 Å². The van der Waals surface area contributed by atoms with Crippen molar-refractivity contribution in [2.75, 3.05) is 33.3 Å². The van der Waals surface area contributed by atoms with Crippen molar-refractivity contribution in [3.63, 3.8) is 0 Å². The van der Waals surface area contributed by atoms with E-state index in [1.54, 1.807) is 48.1 Å². The van der Waals surface area contributed by atoms with E-state index in [0.29, 0.717) is 23.7 Å². The first-order valence-electron chi connectivity index (χ1n) is 7.96. The topological polar surface area (TPSA) is 63.9 Å². The van der Waals surface area contributed by atoms with E-state index >= 15 is 0 Å². The van der Waals surface area contributed by atoms with Gasteiger partial charge in [-0.3, -0.25) is 4.98 Å². The number of pyridine rings is 1. The average Bonchev–Trinajstić information content (AvgIpc) is 2.63. The molecule has 6 nitrogen and oxygen atoms in total. The van der Waals surface area contributed by atoms with Crippen LogP contribution < -0.4 is 9.64 Å². The smallest absolute Gasteiger partial charge is 0.243 e. The van der Waals surface area contributed by atoms with Crippen molar-refractivity contribution in [1.29, 1.82) is 0 Å². The first kappa shape index (κ1) is 16.9. The van der Waals surface area contributed by atoms with Gasteiger partial charge in [0.05, 0.1) is 38.2 Å². The largest absolute Gasteiger partial charge is 0.497 e. The maximum Gasteiger partial charge on any atom is 0.243 e. The molecule has 0 unspecified atom stereocenters. The molecule has 1 aromatic heterocycles. The van der Waals surface area contributed by atoms with Gasteiger partial charge in [-0.2, -0.15) is 4.31 Å². The number of nitrogens with zero attached hydrogens (tertiary/aromatic N) is 2. The molecule has 2 heterocycles. The Hall–Kier alpha value is -1.96. The van der Waals surface area contributed by atoms with Crippen molar-refractivity contribution in [2.45, 2.75) is 11.4 Å². The summed E-state index contributed by atoms with van der Waals surface area (Å²) in [6.07, 6.45) is 3.58. The standard InChI is InChI=1S/C17H21N3O3S/c1-23-16-2-4-17(5-3-16)24(21,22)20-12-10-19(11-13-20)14-15-6-8-18-9-7-15/h2-9H,10-14H2,1H3/p+1. The Labute approximate surface area is 142 Å². The molecule has 0 atom stereocenters. The third-order valence-electron chi connectivity index (χ3n) is 4.33. The number of ether oxygens (including phenoxy) is 1. The van der Waals surface area contributed by atoms with E-state index < -0.39 is 10.0 Å². The number of quaternary nitrogens is 1. The minimum absolute atomic E-state index is 0.320. The van der Waals surface area contributed by atoms with E-state index in [0.717, 1.165) is 19.6 Å². The third kappa shape index (κ3) is 3.75. The van der Waals surface area contributed by atoms with Crippen LogP contribution in [0.5, 0.6) is 5.75 Å². The van der Waals surface area contributed by atoms with Gasteiger partial charge in [0, 0.05) is 18.0 Å². The summed E-state index contributed by atoms with van der Waals surface area (Å²) in [4.78, 5) is 5.73. The second-order valence-corrected chi connectivity index (χ2v) is 7.80. The molecule has 2 aromatic rings. The van der Waals surface area contributed by atoms with Crippen LogP contribution in [0.25, 0.3) is 0 Å². The van der Waals surface area contributed by atoms with E-state index in [2.05, 4.69) is 4.98 Å². The van der Waals surface area contributed by atoms with Gasteiger partial charge >= 0.3 is 0 Å². The lowest BCUT2D eigenvalue weighted by molar-refractivity contribution is -0.917. The van der Waals surface area contributed by atoms with Gasteiger partial charge in [0.25, 0.3) is 0 Å². The minimum Gasteiger partial charge on any atom is -0.497 e. The zero-order valence-corrected chi connectivity index (χ0v) is 14.5. The molecule has 0 spiro atoms. The number of methoxy groups -OCH3 is 1. The fourth-order valence-electron chi connectivity index (χ4n) is 2.91. The van der Waals surface area contributed by atoms with Crippen LogP contribution in [-0.2, 0) is 16.6 Å². The van der Waals surface area contributed by atoms with Crippen molar-refractivity contribution in [3.8, 4) is 5.75 Å². The van der Waals surface area contributed by atoms with Crippen molar-refractivity contribution in [1.82, 2.24) is 9.29 Å². The quantitative estimate of drug-likeness (QED) is 0.837. The number of hydrogen-bond acceptors (Lipinski definition) is 4. The van der Waals surface area contributed by atoms with Gasteiger partial charge in [-0.1, -0.05) is 0 Å². The number of benzene rings is 1. The number of rotatable bonds is 5. The highest BCUT2D eigenvalue weighted by Gasteiger charge is 2.30. The molecule has 1 aliphatic heterocycles. The van der Waals surface area contributed by atoms with Crippen LogP contribution in [0.2, 0.25) is 0 Å². The van der Waals surface area contributed by atoms with E-state index in [1.165, 1.54) is 10.5 Å². The first-order valence-corrected chi connectivity index (χ1v) is 9.40.